The molecular weight excluding hydrogens is 252 g/mol. The Morgan fingerprint density at radius 3 is 2.60 bits per heavy atom. The molecule has 0 saturated heterocycles. The summed E-state index contributed by atoms with van der Waals surface area (Å²) in [4.78, 5) is 10.5. The summed E-state index contributed by atoms with van der Waals surface area (Å²) in [5.74, 6) is 0. The zero-order valence-corrected chi connectivity index (χ0v) is 10.9. The first kappa shape index (κ1) is 12.4. The zero-order valence-electron chi connectivity index (χ0n) is 10.9. The van der Waals surface area contributed by atoms with Crippen LogP contribution in [0.4, 0.5) is 5.69 Å². The number of benzene rings is 2. The van der Waals surface area contributed by atoms with Crippen LogP contribution >= 0.6 is 0 Å². The van der Waals surface area contributed by atoms with Gasteiger partial charge in [0.25, 0.3) is 5.69 Å². The second-order valence-electron chi connectivity index (χ2n) is 4.74. The second-order valence-corrected chi connectivity index (χ2v) is 4.74. The first-order valence-corrected chi connectivity index (χ1v) is 6.51. The molecule has 0 spiro atoms. The van der Waals surface area contributed by atoms with E-state index in [0.29, 0.717) is 0 Å². The van der Waals surface area contributed by atoms with E-state index in [9.17, 15) is 10.1 Å². The monoisotopic (exact) mass is 266 g/mol. The highest BCUT2D eigenvalue weighted by Gasteiger charge is 2.09. The van der Waals surface area contributed by atoms with Crippen LogP contribution in [0.5, 0.6) is 0 Å². The quantitative estimate of drug-likeness (QED) is 0.532. The average molecular weight is 266 g/mol. The first-order chi connectivity index (χ1) is 9.74. The average Bonchev–Trinajstić information content (AvgIpc) is 2.88. The lowest BCUT2D eigenvalue weighted by molar-refractivity contribution is -0.384. The Labute approximate surface area is 116 Å². The van der Waals surface area contributed by atoms with Crippen LogP contribution in [0, 0.1) is 10.1 Å². The van der Waals surface area contributed by atoms with E-state index in [1.165, 1.54) is 5.56 Å². The molecule has 0 radical (unpaired) electrons. The summed E-state index contributed by atoms with van der Waals surface area (Å²) in [6.07, 6.45) is 2.89. The molecular formula is C16H14N2O2. The fraction of sp³-hybridized carbons (Fsp3) is 0.125. The van der Waals surface area contributed by atoms with Crippen LogP contribution in [0.25, 0.3) is 10.9 Å². The van der Waals surface area contributed by atoms with Gasteiger partial charge in [-0.1, -0.05) is 30.3 Å². The maximum atomic E-state index is 10.9. The van der Waals surface area contributed by atoms with E-state index < -0.39 is 0 Å². The number of aromatic nitrogens is 1. The molecule has 0 fully saturated rings. The maximum Gasteiger partial charge on any atom is 0.271 e. The van der Waals surface area contributed by atoms with Crippen molar-refractivity contribution in [3.63, 3.8) is 0 Å². The molecule has 0 aliphatic carbocycles. The van der Waals surface area contributed by atoms with Crippen molar-refractivity contribution in [2.75, 3.05) is 0 Å². The standard InChI is InChI=1S/C16H14N2O2/c19-18(20)15-7-6-14-9-11-17(16(14)12-15)10-8-13-4-2-1-3-5-13/h1-7,9,11-12H,8,10H2. The second kappa shape index (κ2) is 5.17. The van der Waals surface area contributed by atoms with Gasteiger partial charge in [0.15, 0.2) is 0 Å². The molecule has 4 nitrogen and oxygen atoms in total. The highest BCUT2D eigenvalue weighted by atomic mass is 16.6. The number of rotatable bonds is 4. The van der Waals surface area contributed by atoms with Gasteiger partial charge in [0.2, 0.25) is 0 Å². The lowest BCUT2D eigenvalue weighted by atomic mass is 10.1. The lowest BCUT2D eigenvalue weighted by Gasteiger charge is -2.05. The van der Waals surface area contributed by atoms with Gasteiger partial charge in [0, 0.05) is 30.3 Å². The van der Waals surface area contributed by atoms with Crippen molar-refractivity contribution in [2.24, 2.45) is 0 Å². The summed E-state index contributed by atoms with van der Waals surface area (Å²) < 4.78 is 2.06. The van der Waals surface area contributed by atoms with Gasteiger partial charge in [-0.15, -0.1) is 0 Å². The summed E-state index contributed by atoms with van der Waals surface area (Å²) in [5, 5.41) is 11.9. The van der Waals surface area contributed by atoms with Crippen molar-refractivity contribution in [3.8, 4) is 0 Å². The van der Waals surface area contributed by atoms with Crippen LogP contribution in [-0.4, -0.2) is 9.49 Å². The first-order valence-electron chi connectivity index (χ1n) is 6.51. The lowest BCUT2D eigenvalue weighted by Crippen LogP contribution is -2.00. The van der Waals surface area contributed by atoms with E-state index in [2.05, 4.69) is 16.7 Å². The number of fused-ring (bicyclic) bond motifs is 1. The Morgan fingerprint density at radius 2 is 1.85 bits per heavy atom. The Balaban J connectivity index is 1.88. The Bertz CT molecular complexity index is 748. The highest BCUT2D eigenvalue weighted by molar-refractivity contribution is 5.82. The van der Waals surface area contributed by atoms with Gasteiger partial charge >= 0.3 is 0 Å². The molecule has 1 aromatic heterocycles. The third-order valence-electron chi connectivity index (χ3n) is 3.45. The molecule has 1 heterocycles. The number of hydrogen-bond acceptors (Lipinski definition) is 2. The fourth-order valence-corrected chi connectivity index (χ4v) is 2.38. The van der Waals surface area contributed by atoms with Crippen LogP contribution in [0.2, 0.25) is 0 Å². The molecule has 0 saturated carbocycles. The summed E-state index contributed by atoms with van der Waals surface area (Å²) in [6.45, 7) is 0.814. The van der Waals surface area contributed by atoms with Crippen molar-refractivity contribution < 1.29 is 4.92 Å². The number of nitro groups is 1. The number of aryl methyl sites for hydroxylation is 2. The van der Waals surface area contributed by atoms with Crippen molar-refractivity contribution in [1.29, 1.82) is 0 Å². The fourth-order valence-electron chi connectivity index (χ4n) is 2.38. The van der Waals surface area contributed by atoms with Crippen molar-refractivity contribution in [1.82, 2.24) is 4.57 Å². The minimum absolute atomic E-state index is 0.136. The zero-order chi connectivity index (χ0) is 13.9. The molecule has 100 valence electrons. The molecule has 0 aliphatic heterocycles. The number of nitro benzene ring substituents is 1. The van der Waals surface area contributed by atoms with Gasteiger partial charge in [-0.25, -0.2) is 0 Å². The summed E-state index contributed by atoms with van der Waals surface area (Å²) in [5.41, 5.74) is 2.31. The van der Waals surface area contributed by atoms with E-state index in [0.717, 1.165) is 23.9 Å². The van der Waals surface area contributed by atoms with Crippen LogP contribution in [0.1, 0.15) is 5.56 Å². The predicted octanol–water partition coefficient (Wildman–Crippen LogP) is 3.79. The third kappa shape index (κ3) is 2.40. The van der Waals surface area contributed by atoms with Crippen LogP contribution in [0.15, 0.2) is 60.8 Å². The molecule has 0 aliphatic rings. The van der Waals surface area contributed by atoms with Gasteiger partial charge in [0.05, 0.1) is 10.4 Å². The van der Waals surface area contributed by atoms with Crippen molar-refractivity contribution in [3.05, 3.63) is 76.5 Å². The normalized spacial score (nSPS) is 10.8. The summed E-state index contributed by atoms with van der Waals surface area (Å²) in [7, 11) is 0. The smallest absolute Gasteiger partial charge is 0.271 e. The molecule has 3 aromatic rings. The topological polar surface area (TPSA) is 48.1 Å². The van der Waals surface area contributed by atoms with Gasteiger partial charge in [-0.2, -0.15) is 0 Å². The minimum atomic E-state index is -0.353. The highest BCUT2D eigenvalue weighted by Crippen LogP contribution is 2.22. The van der Waals surface area contributed by atoms with E-state index >= 15 is 0 Å². The van der Waals surface area contributed by atoms with E-state index in [-0.39, 0.29) is 10.6 Å². The molecule has 20 heavy (non-hydrogen) atoms. The Kier molecular flexibility index (Phi) is 3.21. The molecule has 4 heteroatoms. The molecule has 0 unspecified atom stereocenters. The van der Waals surface area contributed by atoms with Crippen LogP contribution in [-0.2, 0) is 13.0 Å². The molecule has 0 atom stereocenters. The Hall–Kier alpha value is -2.62. The Morgan fingerprint density at radius 1 is 1.05 bits per heavy atom. The molecule has 0 bridgehead atoms. The predicted molar refractivity (Wildman–Crippen MR) is 78.7 cm³/mol. The SMILES string of the molecule is O=[N+]([O-])c1ccc2ccn(CCc3ccccc3)c2c1. The molecule has 0 N–H and O–H groups in total. The van der Waals surface area contributed by atoms with E-state index in [1.54, 1.807) is 18.2 Å². The number of nitrogens with zero attached hydrogens (tertiary/aromatic N) is 2. The molecule has 2 aromatic carbocycles. The van der Waals surface area contributed by atoms with Gasteiger partial charge in [0.1, 0.15) is 0 Å². The summed E-state index contributed by atoms with van der Waals surface area (Å²) in [6, 6.07) is 17.2. The van der Waals surface area contributed by atoms with E-state index in [4.69, 9.17) is 0 Å². The molecule has 3 rings (SSSR count). The van der Waals surface area contributed by atoms with Crippen molar-refractivity contribution in [2.45, 2.75) is 13.0 Å². The largest absolute Gasteiger partial charge is 0.347 e. The van der Waals surface area contributed by atoms with Gasteiger partial charge in [-0.3, -0.25) is 10.1 Å². The van der Waals surface area contributed by atoms with Crippen LogP contribution in [0.3, 0.4) is 0 Å². The number of hydrogen-bond donors (Lipinski definition) is 0. The van der Waals surface area contributed by atoms with Crippen molar-refractivity contribution >= 4 is 16.6 Å². The minimum Gasteiger partial charge on any atom is -0.347 e. The third-order valence-corrected chi connectivity index (χ3v) is 3.45. The van der Waals surface area contributed by atoms with Crippen LogP contribution < -0.4 is 0 Å². The summed E-state index contributed by atoms with van der Waals surface area (Å²) >= 11 is 0. The maximum absolute atomic E-state index is 10.9. The van der Waals surface area contributed by atoms with E-state index in [1.807, 2.05) is 30.5 Å². The molecule has 0 amide bonds. The number of non-ortho nitro benzene ring substituents is 1. The van der Waals surface area contributed by atoms with Gasteiger partial charge < -0.3 is 4.57 Å². The van der Waals surface area contributed by atoms with Gasteiger partial charge in [-0.05, 0) is 24.1 Å².